The van der Waals surface area contributed by atoms with E-state index in [4.69, 9.17) is 5.11 Å². The van der Waals surface area contributed by atoms with Crippen LogP contribution in [0.1, 0.15) is 29.5 Å². The summed E-state index contributed by atoms with van der Waals surface area (Å²) in [6.45, 7) is 2.07. The summed E-state index contributed by atoms with van der Waals surface area (Å²) in [4.78, 5) is 11.0. The summed E-state index contributed by atoms with van der Waals surface area (Å²) in [5, 5.41) is 9.03. The van der Waals surface area contributed by atoms with Gasteiger partial charge in [0, 0.05) is 6.08 Å². The molecule has 21 heavy (non-hydrogen) atoms. The number of hydrogen-bond acceptors (Lipinski definition) is 1. The number of aliphatic carboxylic acids is 1. The van der Waals surface area contributed by atoms with Gasteiger partial charge in [-0.05, 0) is 60.1 Å². The predicted octanol–water partition coefficient (Wildman–Crippen LogP) is 4.47. The Kier molecular flexibility index (Phi) is 3.61. The first-order valence-corrected chi connectivity index (χ1v) is 7.27. The summed E-state index contributed by atoms with van der Waals surface area (Å²) in [7, 11) is 0. The number of hydrogen-bond donors (Lipinski definition) is 1. The van der Waals surface area contributed by atoms with Crippen LogP contribution in [0.4, 0.5) is 0 Å². The average Bonchev–Trinajstić information content (AvgIpc) is 2.47. The number of carboxylic acid groups (broad SMARTS) is 1. The van der Waals surface area contributed by atoms with Gasteiger partial charge in [0.2, 0.25) is 0 Å². The molecule has 0 spiro atoms. The topological polar surface area (TPSA) is 37.3 Å². The lowest BCUT2D eigenvalue weighted by atomic mass is 9.85. The van der Waals surface area contributed by atoms with Gasteiger partial charge in [-0.25, -0.2) is 4.79 Å². The van der Waals surface area contributed by atoms with E-state index in [1.54, 1.807) is 0 Å². The van der Waals surface area contributed by atoms with E-state index in [1.165, 1.54) is 22.8 Å². The molecule has 2 aromatic carbocycles. The molecule has 2 aromatic rings. The number of rotatable bonds is 2. The van der Waals surface area contributed by atoms with Crippen LogP contribution in [0, 0.1) is 6.92 Å². The summed E-state index contributed by atoms with van der Waals surface area (Å²) in [6, 6.07) is 14.8. The van der Waals surface area contributed by atoms with E-state index in [1.807, 2.05) is 0 Å². The summed E-state index contributed by atoms with van der Waals surface area (Å²) < 4.78 is 0. The van der Waals surface area contributed by atoms with Crippen molar-refractivity contribution >= 4 is 11.5 Å². The van der Waals surface area contributed by atoms with Crippen molar-refractivity contribution in [2.24, 2.45) is 0 Å². The lowest BCUT2D eigenvalue weighted by Crippen LogP contribution is -2.04. The van der Waals surface area contributed by atoms with Gasteiger partial charge in [0.05, 0.1) is 0 Å². The van der Waals surface area contributed by atoms with Crippen LogP contribution >= 0.6 is 0 Å². The SMILES string of the molecule is Cc1ccc(-c2ccc3c(c2)/C(=C/C(=O)O)CCC3)cc1. The molecule has 106 valence electrons. The Morgan fingerprint density at radius 3 is 2.48 bits per heavy atom. The summed E-state index contributed by atoms with van der Waals surface area (Å²) in [5.74, 6) is -0.862. The minimum Gasteiger partial charge on any atom is -0.478 e. The van der Waals surface area contributed by atoms with Crippen molar-refractivity contribution in [3.63, 3.8) is 0 Å². The first-order valence-electron chi connectivity index (χ1n) is 7.27. The van der Waals surface area contributed by atoms with Crippen LogP contribution < -0.4 is 0 Å². The Morgan fingerprint density at radius 2 is 1.76 bits per heavy atom. The van der Waals surface area contributed by atoms with Crippen molar-refractivity contribution in [3.8, 4) is 11.1 Å². The van der Waals surface area contributed by atoms with Crippen molar-refractivity contribution in [2.75, 3.05) is 0 Å². The molecule has 0 fully saturated rings. The zero-order chi connectivity index (χ0) is 14.8. The first kappa shape index (κ1) is 13.6. The van der Waals surface area contributed by atoms with Gasteiger partial charge in [-0.1, -0.05) is 42.0 Å². The van der Waals surface area contributed by atoms with Crippen LogP contribution in [0.3, 0.4) is 0 Å². The molecule has 1 aliphatic carbocycles. The third-order valence-corrected chi connectivity index (χ3v) is 4.03. The first-order chi connectivity index (χ1) is 10.1. The standard InChI is InChI=1S/C19H18O2/c1-13-5-7-14(8-6-13)16-10-9-15-3-2-4-17(12-19(20)21)18(15)11-16/h5-12H,2-4H2,1H3,(H,20,21)/b17-12+. The molecule has 0 amide bonds. The molecule has 0 bridgehead atoms. The van der Waals surface area contributed by atoms with Gasteiger partial charge in [-0.15, -0.1) is 0 Å². The van der Waals surface area contributed by atoms with Crippen LogP contribution in [0.25, 0.3) is 16.7 Å². The Bertz CT molecular complexity index is 709. The highest BCUT2D eigenvalue weighted by molar-refractivity contribution is 5.91. The molecule has 0 heterocycles. The quantitative estimate of drug-likeness (QED) is 0.823. The average molecular weight is 278 g/mol. The van der Waals surface area contributed by atoms with Crippen LogP contribution in [0.15, 0.2) is 48.5 Å². The number of carbonyl (C=O) groups is 1. The molecule has 2 heteroatoms. The van der Waals surface area contributed by atoms with Gasteiger partial charge in [-0.2, -0.15) is 0 Å². The van der Waals surface area contributed by atoms with E-state index < -0.39 is 5.97 Å². The molecule has 0 radical (unpaired) electrons. The van der Waals surface area contributed by atoms with E-state index in [9.17, 15) is 4.79 Å². The van der Waals surface area contributed by atoms with Gasteiger partial charge in [-0.3, -0.25) is 0 Å². The highest BCUT2D eigenvalue weighted by Crippen LogP contribution is 2.34. The number of benzene rings is 2. The maximum absolute atomic E-state index is 11.0. The van der Waals surface area contributed by atoms with Crippen molar-refractivity contribution < 1.29 is 9.90 Å². The number of fused-ring (bicyclic) bond motifs is 1. The molecule has 0 saturated carbocycles. The largest absolute Gasteiger partial charge is 0.478 e. The highest BCUT2D eigenvalue weighted by atomic mass is 16.4. The molecule has 0 aliphatic heterocycles. The van der Waals surface area contributed by atoms with Gasteiger partial charge in [0.15, 0.2) is 0 Å². The Labute approximate surface area is 124 Å². The second kappa shape index (κ2) is 5.57. The van der Waals surface area contributed by atoms with Crippen LogP contribution in [0.2, 0.25) is 0 Å². The molecule has 0 atom stereocenters. The fourth-order valence-corrected chi connectivity index (χ4v) is 2.92. The predicted molar refractivity (Wildman–Crippen MR) is 85.2 cm³/mol. The molecule has 1 aliphatic rings. The minimum absolute atomic E-state index is 0.844. The lowest BCUT2D eigenvalue weighted by Gasteiger charge is -2.20. The monoisotopic (exact) mass is 278 g/mol. The fraction of sp³-hybridized carbons (Fsp3) is 0.211. The highest BCUT2D eigenvalue weighted by Gasteiger charge is 2.15. The summed E-state index contributed by atoms with van der Waals surface area (Å²) in [6.07, 6.45) is 4.25. The molecule has 0 saturated heterocycles. The van der Waals surface area contributed by atoms with Gasteiger partial charge in [0.1, 0.15) is 0 Å². The van der Waals surface area contributed by atoms with Crippen LogP contribution in [0.5, 0.6) is 0 Å². The molecule has 0 unspecified atom stereocenters. The van der Waals surface area contributed by atoms with Crippen molar-refractivity contribution in [1.29, 1.82) is 0 Å². The molecule has 0 aromatic heterocycles. The van der Waals surface area contributed by atoms with E-state index in [2.05, 4.69) is 49.4 Å². The lowest BCUT2D eigenvalue weighted by molar-refractivity contribution is -0.131. The van der Waals surface area contributed by atoms with E-state index in [-0.39, 0.29) is 0 Å². The van der Waals surface area contributed by atoms with Gasteiger partial charge < -0.3 is 5.11 Å². The molecule has 2 nitrogen and oxygen atoms in total. The molecular formula is C19H18O2. The van der Waals surface area contributed by atoms with Crippen molar-refractivity contribution in [1.82, 2.24) is 0 Å². The maximum atomic E-state index is 11.0. The molecular weight excluding hydrogens is 260 g/mol. The maximum Gasteiger partial charge on any atom is 0.328 e. The zero-order valence-corrected chi connectivity index (χ0v) is 12.1. The zero-order valence-electron chi connectivity index (χ0n) is 12.1. The van der Waals surface area contributed by atoms with Gasteiger partial charge in [0.25, 0.3) is 0 Å². The fourth-order valence-electron chi connectivity index (χ4n) is 2.92. The number of carboxylic acids is 1. The van der Waals surface area contributed by atoms with Crippen molar-refractivity contribution in [2.45, 2.75) is 26.2 Å². The molecule has 3 rings (SSSR count). The smallest absolute Gasteiger partial charge is 0.328 e. The normalized spacial score (nSPS) is 15.8. The van der Waals surface area contributed by atoms with E-state index in [0.717, 1.165) is 36.0 Å². The second-order valence-corrected chi connectivity index (χ2v) is 5.60. The Hall–Kier alpha value is -2.35. The van der Waals surface area contributed by atoms with Gasteiger partial charge >= 0.3 is 5.97 Å². The number of aryl methyl sites for hydroxylation is 2. The Morgan fingerprint density at radius 1 is 1.05 bits per heavy atom. The Balaban J connectivity index is 2.07. The van der Waals surface area contributed by atoms with Crippen LogP contribution in [-0.4, -0.2) is 11.1 Å². The third-order valence-electron chi connectivity index (χ3n) is 4.03. The molecule has 1 N–H and O–H groups in total. The summed E-state index contributed by atoms with van der Waals surface area (Å²) in [5.41, 5.74) is 6.85. The van der Waals surface area contributed by atoms with E-state index in [0.29, 0.717) is 0 Å². The second-order valence-electron chi connectivity index (χ2n) is 5.60. The summed E-state index contributed by atoms with van der Waals surface area (Å²) >= 11 is 0. The van der Waals surface area contributed by atoms with Crippen LogP contribution in [-0.2, 0) is 11.2 Å². The van der Waals surface area contributed by atoms with Crippen molar-refractivity contribution in [3.05, 3.63) is 65.2 Å². The third kappa shape index (κ3) is 2.89. The number of allylic oxidation sites excluding steroid dienone is 1. The minimum atomic E-state index is -0.862. The van der Waals surface area contributed by atoms with E-state index >= 15 is 0 Å².